The van der Waals surface area contributed by atoms with Gasteiger partial charge in [-0.3, -0.25) is 9.59 Å². The number of amides is 1. The molecule has 3 N–H and O–H groups in total. The number of benzene rings is 2. The minimum Gasteiger partial charge on any atom is -0.444 e. The summed E-state index contributed by atoms with van der Waals surface area (Å²) in [5.74, 6) is 0.907. The predicted octanol–water partition coefficient (Wildman–Crippen LogP) is 8.57. The molecule has 8 aromatic rings. The molecular formula is C49H52F2N10O4. The highest BCUT2D eigenvalue weighted by Crippen LogP contribution is 2.32. The molecule has 0 unspecified atom stereocenters. The zero-order valence-corrected chi connectivity index (χ0v) is 37.6. The van der Waals surface area contributed by atoms with Crippen molar-refractivity contribution in [2.75, 3.05) is 26.2 Å². The minimum absolute atomic E-state index is 0.0425. The smallest absolute Gasteiger partial charge is 0.410 e. The first-order valence-electron chi connectivity index (χ1n) is 22.1. The van der Waals surface area contributed by atoms with E-state index in [0.717, 1.165) is 65.4 Å². The van der Waals surface area contributed by atoms with Gasteiger partial charge < -0.3 is 33.7 Å². The molecule has 2 fully saturated rings. The number of nitrogens with one attached hydrogen (secondary N) is 3. The Morgan fingerprint density at radius 3 is 1.52 bits per heavy atom. The number of hydrogen-bond donors (Lipinski definition) is 3. The molecule has 1 amide bonds. The summed E-state index contributed by atoms with van der Waals surface area (Å²) in [7, 11) is 0. The molecule has 2 aliphatic rings. The first-order valence-corrected chi connectivity index (χ1v) is 22.1. The fourth-order valence-corrected chi connectivity index (χ4v) is 9.02. The number of carbonyl (C=O) groups excluding carboxylic acids is 1. The number of hydrogen-bond acceptors (Lipinski definition) is 9. The minimum atomic E-state index is -0.537. The number of piperidine rings is 2. The van der Waals surface area contributed by atoms with Crippen molar-refractivity contribution in [3.8, 4) is 22.3 Å². The van der Waals surface area contributed by atoms with Crippen LogP contribution in [0.25, 0.3) is 55.4 Å². The van der Waals surface area contributed by atoms with Gasteiger partial charge >= 0.3 is 6.09 Å². The molecule has 10 rings (SSSR count). The summed E-state index contributed by atoms with van der Waals surface area (Å²) >= 11 is 0. The third-order valence-corrected chi connectivity index (χ3v) is 12.2. The lowest BCUT2D eigenvalue weighted by Gasteiger charge is -2.33. The van der Waals surface area contributed by atoms with Crippen molar-refractivity contribution in [1.82, 2.24) is 48.9 Å². The Balaban J connectivity index is 0.000000168. The van der Waals surface area contributed by atoms with Gasteiger partial charge in [-0.25, -0.2) is 33.5 Å². The normalized spacial score (nSPS) is 15.2. The second-order valence-corrected chi connectivity index (χ2v) is 18.4. The molecule has 0 spiro atoms. The van der Waals surface area contributed by atoms with E-state index < -0.39 is 11.4 Å². The summed E-state index contributed by atoms with van der Waals surface area (Å²) in [4.78, 5) is 64.0. The molecule has 14 nitrogen and oxygen atoms in total. The average molecular weight is 883 g/mol. The number of rotatable bonds is 4. The number of halogens is 2. The number of aromatic nitrogens is 8. The van der Waals surface area contributed by atoms with E-state index in [4.69, 9.17) is 14.7 Å². The van der Waals surface area contributed by atoms with Crippen LogP contribution in [0.1, 0.15) is 92.5 Å². The topological polar surface area (TPSA) is 168 Å². The molecule has 2 saturated heterocycles. The van der Waals surface area contributed by atoms with Crippen molar-refractivity contribution in [2.24, 2.45) is 0 Å². The van der Waals surface area contributed by atoms with Crippen LogP contribution in [0.5, 0.6) is 0 Å². The quantitative estimate of drug-likeness (QED) is 0.157. The lowest BCUT2D eigenvalue weighted by Crippen LogP contribution is -2.41. The van der Waals surface area contributed by atoms with Crippen molar-refractivity contribution in [2.45, 2.75) is 91.6 Å². The van der Waals surface area contributed by atoms with Crippen molar-refractivity contribution in [3.63, 3.8) is 0 Å². The monoisotopic (exact) mass is 882 g/mol. The third kappa shape index (κ3) is 8.86. The third-order valence-electron chi connectivity index (χ3n) is 12.2. The van der Waals surface area contributed by atoms with Gasteiger partial charge in [-0.1, -0.05) is 0 Å². The number of ether oxygens (including phenoxy) is 1. The van der Waals surface area contributed by atoms with Crippen molar-refractivity contribution >= 4 is 39.2 Å². The number of likely N-dealkylation sites (tertiary alicyclic amines) is 1. The van der Waals surface area contributed by atoms with Crippen molar-refractivity contribution in [3.05, 3.63) is 128 Å². The highest BCUT2D eigenvalue weighted by Gasteiger charge is 2.29. The van der Waals surface area contributed by atoms with Gasteiger partial charge in [0.05, 0.1) is 33.2 Å². The number of pyridine rings is 2. The van der Waals surface area contributed by atoms with Gasteiger partial charge in [0.2, 0.25) is 0 Å². The van der Waals surface area contributed by atoms with Crippen molar-refractivity contribution in [1.29, 1.82) is 0 Å². The van der Waals surface area contributed by atoms with E-state index in [1.165, 1.54) is 12.1 Å². The first kappa shape index (κ1) is 43.4. The molecular weight excluding hydrogens is 831 g/mol. The number of aromatic amines is 2. The Kier molecular flexibility index (Phi) is 11.3. The predicted molar refractivity (Wildman–Crippen MR) is 247 cm³/mol. The van der Waals surface area contributed by atoms with Crippen LogP contribution < -0.4 is 16.4 Å². The fraction of sp³-hybridized carbons (Fsp3) is 0.367. The largest absolute Gasteiger partial charge is 0.444 e. The average Bonchev–Trinajstić information content (AvgIpc) is 3.85. The molecule has 0 aliphatic carbocycles. The zero-order valence-electron chi connectivity index (χ0n) is 37.6. The van der Waals surface area contributed by atoms with Crippen LogP contribution in [0, 0.1) is 39.3 Å². The number of imidazole rings is 2. The van der Waals surface area contributed by atoms with Crippen LogP contribution in [-0.2, 0) is 4.74 Å². The molecule has 65 heavy (non-hydrogen) atoms. The zero-order chi connectivity index (χ0) is 45.9. The van der Waals surface area contributed by atoms with E-state index in [-0.39, 0.29) is 40.5 Å². The highest BCUT2D eigenvalue weighted by molar-refractivity contribution is 5.88. The van der Waals surface area contributed by atoms with E-state index in [1.54, 1.807) is 38.2 Å². The van der Waals surface area contributed by atoms with Crippen LogP contribution in [0.15, 0.2) is 70.8 Å². The molecule has 0 saturated carbocycles. The standard InChI is InChI=1S/C27H30FN5O3.C22H22FN5O/c1-15-10-18(19-12-21(28)24-29-16(2)13-33(24)14-19)11-20-22(15)30-23(31-25(20)34)17-6-8-32(9-7-17)26(35)36-27(3,4)5;1-12-7-15(16-9-18(23)21-25-13(2)10-28(21)11-16)8-17-19(12)26-20(27-22(17)29)14-3-5-24-6-4-14/h10-14,17H,6-9H2,1-5H3,(H,30,31,34);7-11,14,24H,3-6H2,1-2H3,(H,26,27,29). The molecule has 336 valence electrons. The van der Waals surface area contributed by atoms with E-state index in [9.17, 15) is 23.2 Å². The fourth-order valence-electron chi connectivity index (χ4n) is 9.02. The van der Waals surface area contributed by atoms with Crippen molar-refractivity contribution < 1.29 is 18.3 Å². The summed E-state index contributed by atoms with van der Waals surface area (Å²) in [6.07, 6.45) is 10.2. The Morgan fingerprint density at radius 2 is 1.08 bits per heavy atom. The summed E-state index contributed by atoms with van der Waals surface area (Å²) in [6, 6.07) is 10.3. The molecule has 0 atom stereocenters. The Morgan fingerprint density at radius 1 is 0.631 bits per heavy atom. The second kappa shape index (κ2) is 17.0. The SMILES string of the molecule is Cc1cn2cc(-c3cc(C)c4nc(C5CCN(C(=O)OC(C)(C)C)CC5)[nH]c(=O)c4c3)cc(F)c2n1.Cc1cn2cc(-c3cc(C)c4nc(C5CCNCC5)[nH]c(=O)c4c3)cc(F)c2n1. The number of nitrogens with zero attached hydrogens (tertiary/aromatic N) is 7. The van der Waals surface area contributed by atoms with Gasteiger partial charge in [-0.05, 0) is 146 Å². The van der Waals surface area contributed by atoms with E-state index >= 15 is 0 Å². The van der Waals surface area contributed by atoms with Crippen LogP contribution in [-0.4, -0.2) is 81.5 Å². The molecule has 6 aromatic heterocycles. The summed E-state index contributed by atoms with van der Waals surface area (Å²) in [6.45, 7) is 16.0. The number of H-pyrrole nitrogens is 2. The van der Waals surface area contributed by atoms with Crippen LogP contribution in [0.4, 0.5) is 13.6 Å². The van der Waals surface area contributed by atoms with Gasteiger partial charge in [0.25, 0.3) is 11.1 Å². The molecule has 0 bridgehead atoms. The van der Waals surface area contributed by atoms with Gasteiger partial charge in [-0.15, -0.1) is 0 Å². The lowest BCUT2D eigenvalue weighted by atomic mass is 9.95. The van der Waals surface area contributed by atoms with E-state index in [2.05, 4.69) is 25.3 Å². The second-order valence-electron chi connectivity index (χ2n) is 18.4. The van der Waals surface area contributed by atoms with E-state index in [0.29, 0.717) is 70.3 Å². The number of carbonyl (C=O) groups is 1. The summed E-state index contributed by atoms with van der Waals surface area (Å²) in [5, 5.41) is 4.32. The van der Waals surface area contributed by atoms with E-state index in [1.807, 2.05) is 73.0 Å². The van der Waals surface area contributed by atoms with Gasteiger partial charge in [0.1, 0.15) is 17.2 Å². The van der Waals surface area contributed by atoms with Gasteiger partial charge in [-0.2, -0.15) is 0 Å². The van der Waals surface area contributed by atoms with Crippen LogP contribution in [0.2, 0.25) is 0 Å². The summed E-state index contributed by atoms with van der Waals surface area (Å²) < 4.78 is 38.0. The lowest BCUT2D eigenvalue weighted by molar-refractivity contribution is 0.0203. The van der Waals surface area contributed by atoms with Crippen LogP contribution >= 0.6 is 0 Å². The molecule has 2 aliphatic heterocycles. The summed E-state index contributed by atoms with van der Waals surface area (Å²) in [5.41, 5.74) is 7.09. The maximum Gasteiger partial charge on any atom is 0.410 e. The maximum absolute atomic E-state index is 14.7. The first-order chi connectivity index (χ1) is 31.0. The maximum atomic E-state index is 14.7. The highest BCUT2D eigenvalue weighted by atomic mass is 19.1. The Labute approximate surface area is 373 Å². The molecule has 0 radical (unpaired) electrons. The van der Waals surface area contributed by atoms with Crippen LogP contribution in [0.3, 0.4) is 0 Å². The van der Waals surface area contributed by atoms with Gasteiger partial charge in [0, 0.05) is 60.8 Å². The Hall–Kier alpha value is -6.81. The molecule has 2 aromatic carbocycles. The molecule has 16 heteroatoms. The Bertz CT molecular complexity index is 3280. The van der Waals surface area contributed by atoms with Gasteiger partial charge in [0.15, 0.2) is 22.9 Å². The number of fused-ring (bicyclic) bond motifs is 4. The number of aryl methyl sites for hydroxylation is 4. The molecule has 8 heterocycles.